The topological polar surface area (TPSA) is 81.8 Å². The minimum absolute atomic E-state index is 0.131. The maximum Gasteiger partial charge on any atom is 0.255 e. The van der Waals surface area contributed by atoms with Crippen LogP contribution in [0.4, 0.5) is 0 Å². The van der Waals surface area contributed by atoms with E-state index < -0.39 is 6.04 Å². The average Bonchev–Trinajstić information content (AvgIpc) is 3.28. The predicted molar refractivity (Wildman–Crippen MR) is 149 cm³/mol. The van der Waals surface area contributed by atoms with Crippen molar-refractivity contribution >= 4 is 17.7 Å². The van der Waals surface area contributed by atoms with E-state index in [0.29, 0.717) is 37.0 Å². The maximum atomic E-state index is 13.0. The van der Waals surface area contributed by atoms with Crippen molar-refractivity contribution in [2.75, 3.05) is 13.1 Å². The lowest BCUT2D eigenvalue weighted by Gasteiger charge is -2.38. The number of imide groups is 1. The standard InChI is InChI=1S/C32H34N4O3/c37-30-14-13-29(31(38)34-30)36-20-26-15-23(11-12-28(26)32(36)39)17-33-27-16-25(24-9-5-2-6-10-24)19-35(21-27)18-22-7-3-1-4-8-22/h1-12,15,25,27,29,33H,13-14,16-21H2,(H,34,37,38). The van der Waals surface area contributed by atoms with E-state index in [1.165, 1.54) is 11.1 Å². The van der Waals surface area contributed by atoms with Crippen LogP contribution in [0.15, 0.2) is 78.9 Å². The fourth-order valence-corrected chi connectivity index (χ4v) is 6.28. The first-order valence-corrected chi connectivity index (χ1v) is 13.8. The van der Waals surface area contributed by atoms with Crippen molar-refractivity contribution in [2.24, 2.45) is 0 Å². The van der Waals surface area contributed by atoms with Crippen molar-refractivity contribution in [3.63, 3.8) is 0 Å². The number of hydrogen-bond donors (Lipinski definition) is 2. The first-order chi connectivity index (χ1) is 19.0. The Labute approximate surface area is 229 Å². The van der Waals surface area contributed by atoms with Crippen molar-refractivity contribution in [1.29, 1.82) is 0 Å². The lowest BCUT2D eigenvalue weighted by atomic mass is 9.87. The number of hydrogen-bond acceptors (Lipinski definition) is 5. The number of amides is 3. The molecule has 39 heavy (non-hydrogen) atoms. The first-order valence-electron chi connectivity index (χ1n) is 13.8. The Bertz CT molecular complexity index is 1360. The van der Waals surface area contributed by atoms with Crippen molar-refractivity contribution in [3.05, 3.63) is 107 Å². The van der Waals surface area contributed by atoms with Gasteiger partial charge in [-0.05, 0) is 47.1 Å². The molecule has 3 aromatic rings. The molecule has 0 spiro atoms. The van der Waals surface area contributed by atoms with Gasteiger partial charge in [0.25, 0.3) is 5.91 Å². The van der Waals surface area contributed by atoms with Gasteiger partial charge in [-0.3, -0.25) is 24.6 Å². The molecule has 7 heteroatoms. The minimum atomic E-state index is -0.586. The number of rotatable bonds is 7. The van der Waals surface area contributed by atoms with Gasteiger partial charge in [-0.2, -0.15) is 0 Å². The number of benzene rings is 3. The normalized spacial score (nSPS) is 23.5. The van der Waals surface area contributed by atoms with E-state index in [9.17, 15) is 14.4 Å². The third-order valence-corrected chi connectivity index (χ3v) is 8.23. The molecule has 3 amide bonds. The van der Waals surface area contributed by atoms with Gasteiger partial charge in [0.2, 0.25) is 11.8 Å². The highest BCUT2D eigenvalue weighted by Crippen LogP contribution is 2.30. The number of nitrogens with zero attached hydrogens (tertiary/aromatic N) is 2. The van der Waals surface area contributed by atoms with E-state index >= 15 is 0 Å². The van der Waals surface area contributed by atoms with Gasteiger partial charge in [0.15, 0.2) is 0 Å². The van der Waals surface area contributed by atoms with Gasteiger partial charge in [0.05, 0.1) is 0 Å². The summed E-state index contributed by atoms with van der Waals surface area (Å²) in [5.74, 6) is -0.317. The van der Waals surface area contributed by atoms with Crippen LogP contribution in [0.1, 0.15) is 57.8 Å². The molecular formula is C32H34N4O3. The first kappa shape index (κ1) is 25.5. The van der Waals surface area contributed by atoms with Gasteiger partial charge in [0, 0.05) is 50.7 Å². The van der Waals surface area contributed by atoms with Crippen molar-refractivity contribution < 1.29 is 14.4 Å². The van der Waals surface area contributed by atoms with Gasteiger partial charge in [-0.25, -0.2) is 0 Å². The zero-order valence-corrected chi connectivity index (χ0v) is 22.0. The van der Waals surface area contributed by atoms with Gasteiger partial charge in [-0.15, -0.1) is 0 Å². The SMILES string of the molecule is O=C1CCC(N2Cc3cc(CNC4CC(c5ccccc5)CN(Cc5ccccc5)C4)ccc3C2=O)C(=O)N1. The van der Waals surface area contributed by atoms with Crippen LogP contribution in [-0.2, 0) is 29.2 Å². The third kappa shape index (κ3) is 5.65. The van der Waals surface area contributed by atoms with E-state index in [0.717, 1.165) is 37.2 Å². The van der Waals surface area contributed by atoms with E-state index in [1.54, 1.807) is 4.90 Å². The Morgan fingerprint density at radius 1 is 0.872 bits per heavy atom. The molecule has 6 rings (SSSR count). The summed E-state index contributed by atoms with van der Waals surface area (Å²) in [6.45, 7) is 4.06. The summed E-state index contributed by atoms with van der Waals surface area (Å²) in [7, 11) is 0. The number of likely N-dealkylation sites (tertiary alicyclic amines) is 1. The Morgan fingerprint density at radius 3 is 2.41 bits per heavy atom. The van der Waals surface area contributed by atoms with Crippen LogP contribution in [0.2, 0.25) is 0 Å². The molecule has 3 unspecified atom stereocenters. The highest BCUT2D eigenvalue weighted by atomic mass is 16.2. The van der Waals surface area contributed by atoms with E-state index in [-0.39, 0.29) is 24.1 Å². The summed E-state index contributed by atoms with van der Waals surface area (Å²) in [4.78, 5) is 41.1. The second-order valence-electron chi connectivity index (χ2n) is 11.0. The highest BCUT2D eigenvalue weighted by Gasteiger charge is 2.39. The molecule has 0 aliphatic carbocycles. The monoisotopic (exact) mass is 522 g/mol. The Balaban J connectivity index is 1.13. The van der Waals surface area contributed by atoms with Gasteiger partial charge < -0.3 is 10.2 Å². The molecule has 3 aliphatic rings. The Morgan fingerprint density at radius 2 is 1.64 bits per heavy atom. The molecule has 0 radical (unpaired) electrons. The molecule has 3 atom stereocenters. The van der Waals surface area contributed by atoms with Crippen molar-refractivity contribution in [1.82, 2.24) is 20.4 Å². The second-order valence-corrected chi connectivity index (χ2v) is 11.0. The van der Waals surface area contributed by atoms with Crippen LogP contribution < -0.4 is 10.6 Å². The molecule has 0 bridgehead atoms. The molecule has 2 saturated heterocycles. The van der Waals surface area contributed by atoms with Crippen LogP contribution in [0.25, 0.3) is 0 Å². The molecule has 2 fully saturated rings. The van der Waals surface area contributed by atoms with Crippen LogP contribution in [0, 0.1) is 0 Å². The van der Waals surface area contributed by atoms with E-state index in [1.807, 2.05) is 12.1 Å². The van der Waals surface area contributed by atoms with Gasteiger partial charge >= 0.3 is 0 Å². The van der Waals surface area contributed by atoms with Crippen LogP contribution >= 0.6 is 0 Å². The number of carbonyl (C=O) groups is 3. The molecule has 3 heterocycles. The molecular weight excluding hydrogens is 488 g/mol. The number of carbonyl (C=O) groups excluding carboxylic acids is 3. The zero-order valence-electron chi connectivity index (χ0n) is 22.0. The fraction of sp³-hybridized carbons (Fsp3) is 0.344. The highest BCUT2D eigenvalue weighted by molar-refractivity contribution is 6.05. The van der Waals surface area contributed by atoms with Crippen molar-refractivity contribution in [3.8, 4) is 0 Å². The summed E-state index contributed by atoms with van der Waals surface area (Å²) < 4.78 is 0. The Hall–Kier alpha value is -3.81. The third-order valence-electron chi connectivity index (χ3n) is 8.23. The van der Waals surface area contributed by atoms with Crippen LogP contribution in [-0.4, -0.2) is 52.7 Å². The maximum absolute atomic E-state index is 13.0. The largest absolute Gasteiger partial charge is 0.322 e. The fourth-order valence-electron chi connectivity index (χ4n) is 6.28. The molecule has 0 saturated carbocycles. The second kappa shape index (κ2) is 11.1. The zero-order chi connectivity index (χ0) is 26.8. The minimum Gasteiger partial charge on any atom is -0.322 e. The lowest BCUT2D eigenvalue weighted by Crippen LogP contribution is -2.52. The van der Waals surface area contributed by atoms with E-state index in [2.05, 4.69) is 82.3 Å². The smallest absolute Gasteiger partial charge is 0.255 e. The Kier molecular flexibility index (Phi) is 7.26. The van der Waals surface area contributed by atoms with E-state index in [4.69, 9.17) is 0 Å². The number of nitrogens with one attached hydrogen (secondary N) is 2. The van der Waals surface area contributed by atoms with Crippen LogP contribution in [0.3, 0.4) is 0 Å². The number of piperidine rings is 2. The van der Waals surface area contributed by atoms with Gasteiger partial charge in [-0.1, -0.05) is 72.8 Å². The summed E-state index contributed by atoms with van der Waals surface area (Å²) in [6, 6.07) is 27.2. The molecule has 200 valence electrons. The van der Waals surface area contributed by atoms with Crippen molar-refractivity contribution in [2.45, 2.75) is 56.9 Å². The quantitative estimate of drug-likeness (QED) is 0.464. The molecule has 3 aromatic carbocycles. The molecule has 3 aliphatic heterocycles. The summed E-state index contributed by atoms with van der Waals surface area (Å²) in [5, 5.41) is 6.17. The molecule has 2 N–H and O–H groups in total. The predicted octanol–water partition coefficient (Wildman–Crippen LogP) is 3.60. The summed E-state index contributed by atoms with van der Waals surface area (Å²) >= 11 is 0. The van der Waals surface area contributed by atoms with Crippen LogP contribution in [0.5, 0.6) is 0 Å². The molecule has 7 nitrogen and oxygen atoms in total. The summed E-state index contributed by atoms with van der Waals surface area (Å²) in [5.41, 5.74) is 5.43. The lowest BCUT2D eigenvalue weighted by molar-refractivity contribution is -0.136. The average molecular weight is 523 g/mol. The molecule has 0 aromatic heterocycles. The number of fused-ring (bicyclic) bond motifs is 1. The summed E-state index contributed by atoms with van der Waals surface area (Å²) in [6.07, 6.45) is 1.71. The van der Waals surface area contributed by atoms with Gasteiger partial charge in [0.1, 0.15) is 6.04 Å².